The Kier molecular flexibility index (Phi) is 5.87. The Bertz CT molecular complexity index is 416. The van der Waals surface area contributed by atoms with Crippen molar-refractivity contribution >= 4 is 23.5 Å². The van der Waals surface area contributed by atoms with E-state index in [1.54, 1.807) is 11.8 Å². The zero-order valence-electron chi connectivity index (χ0n) is 12.5. The van der Waals surface area contributed by atoms with Crippen LogP contribution in [-0.4, -0.2) is 5.25 Å². The summed E-state index contributed by atoms with van der Waals surface area (Å²) in [6.07, 6.45) is 4.59. The third-order valence-corrected chi connectivity index (χ3v) is 6.01. The summed E-state index contributed by atoms with van der Waals surface area (Å²) < 4.78 is 1.25. The smallest absolute Gasteiger partial charge is 0.0703 e. The van der Waals surface area contributed by atoms with Crippen LogP contribution in [0.2, 0.25) is 0 Å². The first-order valence-corrected chi connectivity index (χ1v) is 8.29. The van der Waals surface area contributed by atoms with Crippen LogP contribution in [0.1, 0.15) is 40.5 Å². The van der Waals surface area contributed by atoms with Crippen LogP contribution >= 0.6 is 23.5 Å². The monoisotopic (exact) mass is 295 g/mol. The van der Waals surface area contributed by atoms with Crippen molar-refractivity contribution in [3.05, 3.63) is 46.3 Å². The second kappa shape index (κ2) is 6.76. The average molecular weight is 296 g/mol. The minimum Gasteiger partial charge on any atom is -0.354 e. The second-order valence-corrected chi connectivity index (χ2v) is 8.18. The fourth-order valence-electron chi connectivity index (χ4n) is 1.38. The highest BCUT2D eigenvalue weighted by Gasteiger charge is 2.40. The predicted octanol–water partition coefficient (Wildman–Crippen LogP) is 5.65. The molecule has 3 heteroatoms. The van der Waals surface area contributed by atoms with Crippen LogP contribution in [0.5, 0.6) is 0 Å². The first kappa shape index (κ1) is 16.5. The van der Waals surface area contributed by atoms with Crippen molar-refractivity contribution in [2.75, 3.05) is 0 Å². The SMILES string of the molecule is C=C(NC(=C)C1(C)CC1)S/C(=C\C)SC(C)C(=C)C. The molecule has 1 rings (SSSR count). The maximum Gasteiger partial charge on any atom is 0.0703 e. The number of hydrogen-bond donors (Lipinski definition) is 1. The minimum atomic E-state index is 0.289. The van der Waals surface area contributed by atoms with E-state index in [-0.39, 0.29) is 5.41 Å². The Labute approximate surface area is 126 Å². The molecular weight excluding hydrogens is 270 g/mol. The number of hydrogen-bond acceptors (Lipinski definition) is 3. The molecule has 0 radical (unpaired) electrons. The molecule has 1 unspecified atom stereocenters. The van der Waals surface area contributed by atoms with E-state index in [2.05, 4.69) is 58.8 Å². The number of nitrogens with one attached hydrogen (secondary N) is 1. The normalized spacial score (nSPS) is 18.6. The Balaban J connectivity index is 2.45. The van der Waals surface area contributed by atoms with Gasteiger partial charge in [-0.05, 0) is 33.6 Å². The average Bonchev–Trinajstić information content (AvgIpc) is 3.07. The fourth-order valence-corrected chi connectivity index (χ4v) is 3.53. The molecule has 106 valence electrons. The summed E-state index contributed by atoms with van der Waals surface area (Å²) in [5.74, 6) is 0. The number of thioether (sulfide) groups is 2. The van der Waals surface area contributed by atoms with Gasteiger partial charge in [0.25, 0.3) is 0 Å². The van der Waals surface area contributed by atoms with E-state index in [0.717, 1.165) is 10.7 Å². The van der Waals surface area contributed by atoms with Gasteiger partial charge in [-0.15, -0.1) is 11.8 Å². The second-order valence-electron chi connectivity index (χ2n) is 5.40. The highest BCUT2D eigenvalue weighted by Crippen LogP contribution is 2.50. The molecule has 1 aliphatic carbocycles. The summed E-state index contributed by atoms with van der Waals surface area (Å²) in [5, 5.41) is 4.73. The topological polar surface area (TPSA) is 12.0 Å². The summed E-state index contributed by atoms with van der Waals surface area (Å²) in [5.41, 5.74) is 2.58. The first-order valence-electron chi connectivity index (χ1n) is 6.60. The van der Waals surface area contributed by atoms with Crippen LogP contribution in [-0.2, 0) is 0 Å². The van der Waals surface area contributed by atoms with Crippen LogP contribution in [0, 0.1) is 5.41 Å². The van der Waals surface area contributed by atoms with Crippen LogP contribution < -0.4 is 5.32 Å². The molecule has 0 bridgehead atoms. The molecule has 19 heavy (non-hydrogen) atoms. The fraction of sp³-hybridized carbons (Fsp3) is 0.500. The highest BCUT2D eigenvalue weighted by atomic mass is 32.2. The maximum absolute atomic E-state index is 4.13. The zero-order valence-corrected chi connectivity index (χ0v) is 14.1. The summed E-state index contributed by atoms with van der Waals surface area (Å²) in [4.78, 5) is 0. The van der Waals surface area contributed by atoms with E-state index in [0.29, 0.717) is 5.25 Å². The van der Waals surface area contributed by atoms with E-state index in [4.69, 9.17) is 0 Å². The Morgan fingerprint density at radius 3 is 2.32 bits per heavy atom. The third kappa shape index (κ3) is 5.15. The molecule has 1 atom stereocenters. The molecule has 0 aromatic rings. The summed E-state index contributed by atoms with van der Waals surface area (Å²) in [7, 11) is 0. The lowest BCUT2D eigenvalue weighted by molar-refractivity contribution is 0.645. The molecule has 0 saturated heterocycles. The molecule has 1 saturated carbocycles. The van der Waals surface area contributed by atoms with Gasteiger partial charge in [0.2, 0.25) is 0 Å². The van der Waals surface area contributed by atoms with Crippen molar-refractivity contribution in [1.82, 2.24) is 5.32 Å². The predicted molar refractivity (Wildman–Crippen MR) is 92.0 cm³/mol. The molecule has 1 fully saturated rings. The Morgan fingerprint density at radius 2 is 1.89 bits per heavy atom. The standard InChI is InChI=1S/C16H25NS2/c1-8-15(18-12(4)11(2)3)19-14(6)17-13(5)16(7)9-10-16/h8,12,17H,2,5-6,9-10H2,1,3-4,7H3/b15-8-. The van der Waals surface area contributed by atoms with Gasteiger partial charge in [0.15, 0.2) is 0 Å². The van der Waals surface area contributed by atoms with Gasteiger partial charge in [-0.3, -0.25) is 0 Å². The Hall–Kier alpha value is -0.540. The largest absolute Gasteiger partial charge is 0.354 e. The molecule has 0 aromatic heterocycles. The summed E-state index contributed by atoms with van der Waals surface area (Å²) in [6, 6.07) is 0. The molecule has 0 aromatic carbocycles. The van der Waals surface area contributed by atoms with Crippen molar-refractivity contribution in [2.24, 2.45) is 5.41 Å². The van der Waals surface area contributed by atoms with Crippen molar-refractivity contribution in [3.63, 3.8) is 0 Å². The van der Waals surface area contributed by atoms with E-state index in [1.807, 2.05) is 11.8 Å². The molecule has 0 spiro atoms. The Morgan fingerprint density at radius 1 is 1.32 bits per heavy atom. The number of allylic oxidation sites excluding steroid dienone is 2. The van der Waals surface area contributed by atoms with Crippen LogP contribution in [0.4, 0.5) is 0 Å². The van der Waals surface area contributed by atoms with Gasteiger partial charge in [0, 0.05) is 20.6 Å². The lowest BCUT2D eigenvalue weighted by Gasteiger charge is -2.18. The molecule has 1 N–H and O–H groups in total. The van der Waals surface area contributed by atoms with Crippen molar-refractivity contribution < 1.29 is 0 Å². The van der Waals surface area contributed by atoms with Crippen molar-refractivity contribution in [1.29, 1.82) is 0 Å². The molecule has 0 aliphatic heterocycles. The highest BCUT2D eigenvalue weighted by molar-refractivity contribution is 8.24. The zero-order chi connectivity index (χ0) is 14.6. The van der Waals surface area contributed by atoms with Gasteiger partial charge in [-0.25, -0.2) is 0 Å². The molecule has 0 amide bonds. The van der Waals surface area contributed by atoms with E-state index < -0.39 is 0 Å². The van der Waals surface area contributed by atoms with Gasteiger partial charge >= 0.3 is 0 Å². The van der Waals surface area contributed by atoms with Crippen molar-refractivity contribution in [2.45, 2.75) is 45.8 Å². The minimum absolute atomic E-state index is 0.289. The summed E-state index contributed by atoms with van der Waals surface area (Å²) in [6.45, 7) is 20.8. The van der Waals surface area contributed by atoms with Gasteiger partial charge in [-0.2, -0.15) is 0 Å². The quantitative estimate of drug-likeness (QED) is 0.581. The van der Waals surface area contributed by atoms with Gasteiger partial charge in [0.05, 0.1) is 5.03 Å². The number of rotatable bonds is 8. The summed E-state index contributed by atoms with van der Waals surface area (Å²) >= 11 is 3.50. The van der Waals surface area contributed by atoms with E-state index in [1.165, 1.54) is 22.7 Å². The van der Waals surface area contributed by atoms with Crippen molar-refractivity contribution in [3.8, 4) is 0 Å². The molecule has 1 aliphatic rings. The van der Waals surface area contributed by atoms with E-state index >= 15 is 0 Å². The van der Waals surface area contributed by atoms with Crippen LogP contribution in [0.3, 0.4) is 0 Å². The van der Waals surface area contributed by atoms with Gasteiger partial charge in [-0.1, -0.05) is 50.1 Å². The van der Waals surface area contributed by atoms with Gasteiger partial charge < -0.3 is 5.32 Å². The van der Waals surface area contributed by atoms with Crippen LogP contribution in [0.25, 0.3) is 0 Å². The molecule has 0 heterocycles. The first-order chi connectivity index (χ1) is 8.78. The van der Waals surface area contributed by atoms with Crippen LogP contribution in [0.15, 0.2) is 46.3 Å². The lowest BCUT2D eigenvalue weighted by atomic mass is 10.1. The molecule has 1 nitrogen and oxygen atoms in total. The molecular formula is C16H25NS2. The maximum atomic E-state index is 4.13. The third-order valence-electron chi connectivity index (χ3n) is 3.47. The lowest BCUT2D eigenvalue weighted by Crippen LogP contribution is -2.16. The van der Waals surface area contributed by atoms with Gasteiger partial charge in [0.1, 0.15) is 0 Å². The van der Waals surface area contributed by atoms with E-state index in [9.17, 15) is 0 Å².